The van der Waals surface area contributed by atoms with Crippen LogP contribution in [0.4, 0.5) is 5.82 Å². The van der Waals surface area contributed by atoms with E-state index < -0.39 is 0 Å². The molecule has 18 heavy (non-hydrogen) atoms. The fourth-order valence-corrected chi connectivity index (χ4v) is 1.55. The normalized spacial score (nSPS) is 10.2. The maximum atomic E-state index is 11.8. The van der Waals surface area contributed by atoms with Gasteiger partial charge in [0.05, 0.1) is 6.61 Å². The smallest absolute Gasteiger partial charge is 0.251 e. The standard InChI is InChI=1S/C12H18ClN3O2/c1-3-4-14-11-8-9(7-10(13)16-11)12(17)15-5-6-18-2/h7-8H,3-6H2,1-2H3,(H,14,16)(H,15,17). The summed E-state index contributed by atoms with van der Waals surface area (Å²) in [5.74, 6) is 0.428. The van der Waals surface area contributed by atoms with Gasteiger partial charge in [0, 0.05) is 25.8 Å². The highest BCUT2D eigenvalue weighted by molar-refractivity contribution is 6.29. The number of hydrogen-bond acceptors (Lipinski definition) is 4. The van der Waals surface area contributed by atoms with Crippen molar-refractivity contribution in [1.29, 1.82) is 0 Å². The number of rotatable bonds is 7. The monoisotopic (exact) mass is 271 g/mol. The van der Waals surface area contributed by atoms with Crippen molar-refractivity contribution in [3.05, 3.63) is 22.8 Å². The average Bonchev–Trinajstić information content (AvgIpc) is 2.36. The predicted octanol–water partition coefficient (Wildman–Crippen LogP) is 1.93. The van der Waals surface area contributed by atoms with Crippen molar-refractivity contribution in [1.82, 2.24) is 10.3 Å². The van der Waals surface area contributed by atoms with Crippen LogP contribution in [-0.4, -0.2) is 37.7 Å². The molecule has 0 aromatic carbocycles. The highest BCUT2D eigenvalue weighted by Gasteiger charge is 2.08. The number of ether oxygens (including phenoxy) is 1. The van der Waals surface area contributed by atoms with Gasteiger partial charge in [-0.1, -0.05) is 18.5 Å². The van der Waals surface area contributed by atoms with Crippen LogP contribution >= 0.6 is 11.6 Å². The first kappa shape index (κ1) is 14.7. The van der Waals surface area contributed by atoms with E-state index in [1.807, 2.05) is 0 Å². The molecule has 0 radical (unpaired) electrons. The molecule has 0 aliphatic heterocycles. The third kappa shape index (κ3) is 4.89. The molecule has 5 nitrogen and oxygen atoms in total. The minimum absolute atomic E-state index is 0.184. The molecule has 0 atom stereocenters. The molecule has 1 heterocycles. The van der Waals surface area contributed by atoms with Crippen LogP contribution in [0.2, 0.25) is 5.15 Å². The number of amides is 1. The molecular weight excluding hydrogens is 254 g/mol. The highest BCUT2D eigenvalue weighted by Crippen LogP contribution is 2.14. The first-order valence-electron chi connectivity index (χ1n) is 5.86. The number of carbonyl (C=O) groups excluding carboxylic acids is 1. The van der Waals surface area contributed by atoms with E-state index in [9.17, 15) is 4.79 Å². The van der Waals surface area contributed by atoms with Crippen LogP contribution in [0.1, 0.15) is 23.7 Å². The zero-order valence-electron chi connectivity index (χ0n) is 10.6. The van der Waals surface area contributed by atoms with Crippen LogP contribution in [0, 0.1) is 0 Å². The molecule has 1 aromatic rings. The lowest BCUT2D eigenvalue weighted by Gasteiger charge is -2.08. The zero-order valence-corrected chi connectivity index (χ0v) is 11.4. The third-order valence-corrected chi connectivity index (χ3v) is 2.40. The maximum Gasteiger partial charge on any atom is 0.251 e. The van der Waals surface area contributed by atoms with Gasteiger partial charge in [-0.3, -0.25) is 4.79 Å². The van der Waals surface area contributed by atoms with E-state index in [2.05, 4.69) is 22.5 Å². The van der Waals surface area contributed by atoms with Gasteiger partial charge in [-0.15, -0.1) is 0 Å². The van der Waals surface area contributed by atoms with Crippen LogP contribution < -0.4 is 10.6 Å². The second kappa shape index (κ2) is 7.89. The number of carbonyl (C=O) groups is 1. The van der Waals surface area contributed by atoms with Gasteiger partial charge >= 0.3 is 0 Å². The van der Waals surface area contributed by atoms with Crippen LogP contribution in [-0.2, 0) is 4.74 Å². The quantitative estimate of drug-likeness (QED) is 0.588. The third-order valence-electron chi connectivity index (χ3n) is 2.20. The molecule has 0 aliphatic rings. The molecule has 0 saturated carbocycles. The van der Waals surface area contributed by atoms with E-state index in [1.54, 1.807) is 19.2 Å². The van der Waals surface area contributed by atoms with Crippen molar-refractivity contribution in [3.63, 3.8) is 0 Å². The molecule has 0 unspecified atom stereocenters. The van der Waals surface area contributed by atoms with Crippen LogP contribution in [0.3, 0.4) is 0 Å². The lowest BCUT2D eigenvalue weighted by Crippen LogP contribution is -2.27. The second-order valence-electron chi connectivity index (χ2n) is 3.74. The molecule has 1 aromatic heterocycles. The van der Waals surface area contributed by atoms with E-state index in [0.29, 0.717) is 29.7 Å². The van der Waals surface area contributed by atoms with Gasteiger partial charge in [0.15, 0.2) is 0 Å². The first-order valence-corrected chi connectivity index (χ1v) is 6.23. The Balaban J connectivity index is 2.69. The number of anilines is 1. The minimum atomic E-state index is -0.184. The molecule has 1 amide bonds. The Kier molecular flexibility index (Phi) is 6.46. The van der Waals surface area contributed by atoms with Crippen molar-refractivity contribution in [2.75, 3.05) is 32.1 Å². The van der Waals surface area contributed by atoms with Crippen molar-refractivity contribution in [2.45, 2.75) is 13.3 Å². The molecule has 100 valence electrons. The van der Waals surface area contributed by atoms with Crippen LogP contribution in [0.5, 0.6) is 0 Å². The summed E-state index contributed by atoms with van der Waals surface area (Å²) in [7, 11) is 1.59. The Morgan fingerprint density at radius 2 is 2.22 bits per heavy atom. The summed E-state index contributed by atoms with van der Waals surface area (Å²) in [4.78, 5) is 15.9. The fourth-order valence-electron chi connectivity index (χ4n) is 1.34. The molecule has 2 N–H and O–H groups in total. The van der Waals surface area contributed by atoms with Gasteiger partial charge in [0.25, 0.3) is 5.91 Å². The highest BCUT2D eigenvalue weighted by atomic mass is 35.5. The Morgan fingerprint density at radius 1 is 1.44 bits per heavy atom. The predicted molar refractivity (Wildman–Crippen MR) is 72.2 cm³/mol. The lowest BCUT2D eigenvalue weighted by atomic mass is 10.2. The van der Waals surface area contributed by atoms with E-state index in [0.717, 1.165) is 13.0 Å². The Labute approximate surface area is 112 Å². The number of nitrogens with one attached hydrogen (secondary N) is 2. The summed E-state index contributed by atoms with van der Waals surface area (Å²) < 4.78 is 4.86. The Bertz CT molecular complexity index is 399. The van der Waals surface area contributed by atoms with Crippen molar-refractivity contribution in [2.24, 2.45) is 0 Å². The number of hydrogen-bond donors (Lipinski definition) is 2. The molecule has 0 fully saturated rings. The van der Waals surface area contributed by atoms with Crippen molar-refractivity contribution < 1.29 is 9.53 Å². The summed E-state index contributed by atoms with van der Waals surface area (Å²) in [6.45, 7) is 3.78. The van der Waals surface area contributed by atoms with Crippen molar-refractivity contribution >= 4 is 23.3 Å². The molecule has 0 bridgehead atoms. The number of halogens is 1. The maximum absolute atomic E-state index is 11.8. The van der Waals surface area contributed by atoms with E-state index in [-0.39, 0.29) is 5.91 Å². The lowest BCUT2D eigenvalue weighted by molar-refractivity contribution is 0.0937. The SMILES string of the molecule is CCCNc1cc(C(=O)NCCOC)cc(Cl)n1. The summed E-state index contributed by atoms with van der Waals surface area (Å²) in [6.07, 6.45) is 0.976. The minimum Gasteiger partial charge on any atom is -0.383 e. The molecule has 0 saturated heterocycles. The van der Waals surface area contributed by atoms with E-state index >= 15 is 0 Å². The van der Waals surface area contributed by atoms with Crippen molar-refractivity contribution in [3.8, 4) is 0 Å². The average molecular weight is 272 g/mol. The van der Waals surface area contributed by atoms with Gasteiger partial charge in [-0.25, -0.2) is 4.98 Å². The fraction of sp³-hybridized carbons (Fsp3) is 0.500. The largest absolute Gasteiger partial charge is 0.383 e. The molecular formula is C12H18ClN3O2. The van der Waals surface area contributed by atoms with Gasteiger partial charge in [-0.2, -0.15) is 0 Å². The number of nitrogens with zero attached hydrogens (tertiary/aromatic N) is 1. The van der Waals surface area contributed by atoms with Gasteiger partial charge in [-0.05, 0) is 18.6 Å². The summed E-state index contributed by atoms with van der Waals surface area (Å²) in [5, 5.41) is 6.13. The second-order valence-corrected chi connectivity index (χ2v) is 4.13. The van der Waals surface area contributed by atoms with E-state index in [4.69, 9.17) is 16.3 Å². The number of pyridine rings is 1. The first-order chi connectivity index (χ1) is 8.67. The molecule has 0 spiro atoms. The Morgan fingerprint density at radius 3 is 2.89 bits per heavy atom. The molecule has 6 heteroatoms. The van der Waals surface area contributed by atoms with Gasteiger partial charge in [0.2, 0.25) is 0 Å². The van der Waals surface area contributed by atoms with Crippen LogP contribution in [0.15, 0.2) is 12.1 Å². The number of aromatic nitrogens is 1. The summed E-state index contributed by atoms with van der Waals surface area (Å²) >= 11 is 5.88. The zero-order chi connectivity index (χ0) is 13.4. The molecule has 0 aliphatic carbocycles. The number of methoxy groups -OCH3 is 1. The van der Waals surface area contributed by atoms with Gasteiger partial charge in [0.1, 0.15) is 11.0 Å². The Hall–Kier alpha value is -1.33. The molecule has 1 rings (SSSR count). The van der Waals surface area contributed by atoms with E-state index in [1.165, 1.54) is 0 Å². The topological polar surface area (TPSA) is 63.2 Å². The van der Waals surface area contributed by atoms with Gasteiger partial charge < -0.3 is 15.4 Å². The van der Waals surface area contributed by atoms with Crippen LogP contribution in [0.25, 0.3) is 0 Å². The summed E-state index contributed by atoms with van der Waals surface area (Å²) in [5.41, 5.74) is 0.490. The summed E-state index contributed by atoms with van der Waals surface area (Å²) in [6, 6.07) is 3.23.